The van der Waals surface area contributed by atoms with E-state index in [4.69, 9.17) is 13.8 Å². The molecule has 0 aromatic rings. The van der Waals surface area contributed by atoms with Gasteiger partial charge in [0.05, 0.1) is 33.8 Å². The highest BCUT2D eigenvalue weighted by atomic mass is 31.2. The number of esters is 1. The molecule has 0 aliphatic heterocycles. The van der Waals surface area contributed by atoms with Crippen LogP contribution >= 0.6 is 7.82 Å². The molecular weight excluding hydrogens is 1000 g/mol. The molecule has 2 N–H and O–H groups in total. The van der Waals surface area contributed by atoms with Gasteiger partial charge < -0.3 is 19.4 Å². The Hall–Kier alpha value is -2.81. The van der Waals surface area contributed by atoms with Crippen molar-refractivity contribution in [2.24, 2.45) is 0 Å². The summed E-state index contributed by atoms with van der Waals surface area (Å²) in [6.45, 7) is 6.85. The summed E-state index contributed by atoms with van der Waals surface area (Å²) in [4.78, 5) is 37.7. The fourth-order valence-corrected chi connectivity index (χ4v) is 10.0. The van der Waals surface area contributed by atoms with Crippen LogP contribution in [0.15, 0.2) is 85.1 Å². The van der Waals surface area contributed by atoms with Gasteiger partial charge in [-0.1, -0.05) is 273 Å². The van der Waals surface area contributed by atoms with Crippen molar-refractivity contribution in [1.29, 1.82) is 0 Å². The van der Waals surface area contributed by atoms with Crippen molar-refractivity contribution >= 4 is 19.7 Å². The van der Waals surface area contributed by atoms with Crippen LogP contribution in [-0.4, -0.2) is 74.3 Å². The van der Waals surface area contributed by atoms with E-state index in [1.165, 1.54) is 167 Å². The van der Waals surface area contributed by atoms with Crippen molar-refractivity contribution in [3.8, 4) is 0 Å². The van der Waals surface area contributed by atoms with Crippen LogP contribution in [0.1, 0.15) is 290 Å². The van der Waals surface area contributed by atoms with Crippen LogP contribution in [0, 0.1) is 0 Å². The van der Waals surface area contributed by atoms with Gasteiger partial charge in [-0.2, -0.15) is 0 Å². The lowest BCUT2D eigenvalue weighted by Crippen LogP contribution is -2.47. The number of allylic oxidation sites excluding steroid dienone is 13. The average molecular weight is 1130 g/mol. The highest BCUT2D eigenvalue weighted by molar-refractivity contribution is 7.47. The van der Waals surface area contributed by atoms with Crippen molar-refractivity contribution in [2.45, 2.75) is 303 Å². The van der Waals surface area contributed by atoms with Crippen molar-refractivity contribution in [2.75, 3.05) is 40.9 Å². The van der Waals surface area contributed by atoms with E-state index in [1.54, 1.807) is 0 Å². The zero-order chi connectivity index (χ0) is 57.9. The molecule has 0 aromatic heterocycles. The number of carbonyl (C=O) groups excluding carboxylic acids is 2. The van der Waals surface area contributed by atoms with E-state index in [9.17, 15) is 19.0 Å². The summed E-state index contributed by atoms with van der Waals surface area (Å²) in [7, 11) is 1.48. The summed E-state index contributed by atoms with van der Waals surface area (Å²) in [6, 6.07) is -0.857. The van der Waals surface area contributed by atoms with Gasteiger partial charge >= 0.3 is 13.8 Å². The first kappa shape index (κ1) is 76.2. The van der Waals surface area contributed by atoms with Crippen LogP contribution in [0.4, 0.5) is 0 Å². The van der Waals surface area contributed by atoms with Gasteiger partial charge in [-0.05, 0) is 89.5 Å². The minimum Gasteiger partial charge on any atom is -0.456 e. The summed E-state index contributed by atoms with van der Waals surface area (Å²) in [5, 5.41) is 3.06. The fourth-order valence-electron chi connectivity index (χ4n) is 9.30. The summed E-state index contributed by atoms with van der Waals surface area (Å²) in [6.07, 6.45) is 77.3. The molecule has 9 nitrogen and oxygen atoms in total. The van der Waals surface area contributed by atoms with Crippen molar-refractivity contribution < 1.29 is 37.3 Å². The smallest absolute Gasteiger partial charge is 0.456 e. The minimum absolute atomic E-state index is 0.0355. The zero-order valence-corrected chi connectivity index (χ0v) is 53.2. The van der Waals surface area contributed by atoms with Gasteiger partial charge in [-0.15, -0.1) is 0 Å². The maximum absolute atomic E-state index is 13.6. The molecule has 0 rings (SSSR count). The number of nitrogens with zero attached hydrogens (tertiary/aromatic N) is 1. The molecule has 0 radical (unpaired) electrons. The topological polar surface area (TPSA) is 111 Å². The van der Waals surface area contributed by atoms with Crippen LogP contribution in [0.2, 0.25) is 0 Å². The molecule has 3 atom stereocenters. The number of likely N-dealkylation sites (N-methyl/N-ethyl adjacent to an activating group) is 1. The van der Waals surface area contributed by atoms with Crippen molar-refractivity contribution in [3.05, 3.63) is 85.1 Å². The van der Waals surface area contributed by atoms with Gasteiger partial charge in [-0.3, -0.25) is 18.6 Å². The Morgan fingerprint density at radius 2 is 0.861 bits per heavy atom. The highest BCUT2D eigenvalue weighted by Gasteiger charge is 2.30. The number of ether oxygens (including phenoxy) is 1. The maximum atomic E-state index is 13.6. The van der Waals surface area contributed by atoms with E-state index in [1.807, 2.05) is 33.3 Å². The predicted octanol–water partition coefficient (Wildman–Crippen LogP) is 20.6. The lowest BCUT2D eigenvalue weighted by atomic mass is 10.0. The van der Waals surface area contributed by atoms with E-state index >= 15 is 0 Å². The Morgan fingerprint density at radius 3 is 1.34 bits per heavy atom. The number of carbonyl (C=O) groups is 2. The molecule has 0 aliphatic carbocycles. The number of hydrogen-bond donors (Lipinski definition) is 2. The van der Waals surface area contributed by atoms with Crippen LogP contribution in [0.3, 0.4) is 0 Å². The zero-order valence-electron chi connectivity index (χ0n) is 52.3. The number of quaternary nitrogens is 1. The molecule has 0 saturated heterocycles. The lowest BCUT2D eigenvalue weighted by Gasteiger charge is -2.27. The van der Waals surface area contributed by atoms with Gasteiger partial charge in [0.15, 0.2) is 0 Å². The maximum Gasteiger partial charge on any atom is 0.472 e. The largest absolute Gasteiger partial charge is 0.472 e. The molecule has 0 spiro atoms. The quantitative estimate of drug-likeness (QED) is 0.0156. The van der Waals surface area contributed by atoms with Crippen LogP contribution in [-0.2, 0) is 27.9 Å². The third-order valence-electron chi connectivity index (χ3n) is 14.4. The first-order chi connectivity index (χ1) is 38.4. The second kappa shape index (κ2) is 58.4. The van der Waals surface area contributed by atoms with Crippen molar-refractivity contribution in [1.82, 2.24) is 5.32 Å². The molecule has 458 valence electrons. The monoisotopic (exact) mass is 1130 g/mol. The predicted molar refractivity (Wildman–Crippen MR) is 341 cm³/mol. The highest BCUT2D eigenvalue weighted by Crippen LogP contribution is 2.43. The number of amides is 1. The van der Waals surface area contributed by atoms with Gasteiger partial charge in [-0.25, -0.2) is 4.57 Å². The average Bonchev–Trinajstić information content (AvgIpc) is 3.41. The molecule has 0 aromatic carbocycles. The van der Waals surface area contributed by atoms with E-state index in [2.05, 4.69) is 99.0 Å². The first-order valence-corrected chi connectivity index (χ1v) is 34.4. The molecular formula is C69H126N2O7P+. The summed E-state index contributed by atoms with van der Waals surface area (Å²) in [5.74, 6) is -0.518. The van der Waals surface area contributed by atoms with E-state index < -0.39 is 20.0 Å². The summed E-state index contributed by atoms with van der Waals surface area (Å²) >= 11 is 0. The van der Waals surface area contributed by atoms with Crippen LogP contribution in [0.5, 0.6) is 0 Å². The molecule has 0 fully saturated rings. The van der Waals surface area contributed by atoms with Gasteiger partial charge in [0.1, 0.15) is 19.3 Å². The van der Waals surface area contributed by atoms with Crippen LogP contribution in [0.25, 0.3) is 0 Å². The Labute approximate surface area is 488 Å². The third-order valence-corrected chi connectivity index (χ3v) is 15.4. The second-order valence-electron chi connectivity index (χ2n) is 23.3. The van der Waals surface area contributed by atoms with Gasteiger partial charge in [0.2, 0.25) is 5.91 Å². The summed E-state index contributed by atoms with van der Waals surface area (Å²) in [5.41, 5.74) is 0. The minimum atomic E-state index is -4.45. The molecule has 1 amide bonds. The molecule has 0 saturated carbocycles. The first-order valence-electron chi connectivity index (χ1n) is 32.9. The number of unbranched alkanes of at least 4 members (excludes halogenated alkanes) is 33. The van der Waals surface area contributed by atoms with Gasteiger partial charge in [0.25, 0.3) is 0 Å². The summed E-state index contributed by atoms with van der Waals surface area (Å²) < 4.78 is 30.7. The number of rotatable bonds is 59. The number of phosphoric acid groups is 1. The normalized spacial score (nSPS) is 14.2. The molecule has 79 heavy (non-hydrogen) atoms. The number of hydrogen-bond acceptors (Lipinski definition) is 6. The SMILES string of the molecule is CC/C=C/C=C/C=C/CCCCCCCCCC(=O)OC(/C=C\CCCCCCCCCCC)C(COP(=O)(O)OCC[N+](C)(C)C)NC(=O)CCCCCCCCCCCCCCCC/C=C\C/C=C\C/C=C\CCCCC. The molecule has 3 unspecified atom stereocenters. The van der Waals surface area contributed by atoms with E-state index in [0.29, 0.717) is 17.4 Å². The molecule has 0 heterocycles. The molecule has 0 bridgehead atoms. The van der Waals surface area contributed by atoms with E-state index in [-0.39, 0.29) is 31.5 Å². The Bertz CT molecular complexity index is 1630. The fraction of sp³-hybridized carbons (Fsp3) is 0.768. The lowest BCUT2D eigenvalue weighted by molar-refractivity contribution is -0.870. The van der Waals surface area contributed by atoms with Crippen molar-refractivity contribution in [3.63, 3.8) is 0 Å². The third kappa shape index (κ3) is 59.6. The Balaban J connectivity index is 5.02. The molecule has 10 heteroatoms. The standard InChI is InChI=1S/C69H125N2O7P/c1-7-10-13-16-19-22-25-27-29-30-31-32-33-34-35-36-37-38-39-40-42-43-46-49-52-55-58-61-68(72)70-66(65-77-79(74,75)76-64-63-71(4,5)6)67(60-57-54-51-48-45-24-21-18-15-12-9-3)78-69(73)62-59-56-53-50-47-44-41-28-26-23-20-17-14-11-8-2/h11,14,17,19-20,22-23,26-27,29,31-32,57,60,66-67H,7-10,12-13,15-16,18,21,24-25,28,30,33-56,58-59,61-65H2,1-6H3,(H-,70,72,74,75)/p+1/b14-11+,20-17+,22-19-,26-23+,29-27-,32-31-,60-57-. The van der Waals surface area contributed by atoms with Crippen LogP contribution < -0.4 is 5.32 Å². The number of phosphoric ester groups is 1. The second-order valence-corrected chi connectivity index (χ2v) is 24.8. The Kier molecular flexibility index (Phi) is 56.3. The Morgan fingerprint density at radius 1 is 0.468 bits per heavy atom. The van der Waals surface area contributed by atoms with Gasteiger partial charge in [0, 0.05) is 12.8 Å². The number of nitrogens with one attached hydrogen (secondary N) is 1. The molecule has 0 aliphatic rings. The van der Waals surface area contributed by atoms with E-state index in [0.717, 1.165) is 89.9 Å².